The van der Waals surface area contributed by atoms with Crippen LogP contribution < -0.4 is 0 Å². The highest BCUT2D eigenvalue weighted by atomic mass is 16.5. The molecule has 1 N–H and O–H groups in total. The average Bonchev–Trinajstić information content (AvgIpc) is 2.52. The molecule has 8 nitrogen and oxygen atoms in total. The summed E-state index contributed by atoms with van der Waals surface area (Å²) < 4.78 is 26.1. The summed E-state index contributed by atoms with van der Waals surface area (Å²) in [6.07, 6.45) is 0.0279. The lowest BCUT2D eigenvalue weighted by Gasteiger charge is -2.16. The number of aliphatic carboxylic acids is 1. The number of nitrogens with zero attached hydrogens (tertiary/aromatic N) is 1. The normalized spacial score (nSPS) is 11.3. The second kappa shape index (κ2) is 17.6. The van der Waals surface area contributed by atoms with E-state index in [2.05, 4.69) is 4.90 Å². The Labute approximate surface area is 138 Å². The predicted molar refractivity (Wildman–Crippen MR) is 84.9 cm³/mol. The molecule has 0 aliphatic rings. The lowest BCUT2D eigenvalue weighted by molar-refractivity contribution is -0.138. The van der Waals surface area contributed by atoms with E-state index in [1.165, 1.54) is 0 Å². The fraction of sp³-hybridized carbons (Fsp3) is 0.933. The quantitative estimate of drug-likeness (QED) is 0.353. The Morgan fingerprint density at radius 3 is 1.70 bits per heavy atom. The van der Waals surface area contributed by atoms with Crippen molar-refractivity contribution in [3.8, 4) is 0 Å². The number of likely N-dealkylation sites (N-methyl/N-ethyl adjacent to an activating group) is 1. The molecule has 0 unspecified atom stereocenters. The first-order valence-electron chi connectivity index (χ1n) is 7.87. The van der Waals surface area contributed by atoms with Crippen LogP contribution >= 0.6 is 0 Å². The highest BCUT2D eigenvalue weighted by Crippen LogP contribution is 1.88. The highest BCUT2D eigenvalue weighted by molar-refractivity contribution is 5.66. The number of hydrogen-bond acceptors (Lipinski definition) is 7. The van der Waals surface area contributed by atoms with Gasteiger partial charge in [-0.3, -0.25) is 4.79 Å². The molecule has 0 bridgehead atoms. The Bertz CT molecular complexity index is 266. The van der Waals surface area contributed by atoms with Crippen LogP contribution in [0.3, 0.4) is 0 Å². The monoisotopic (exact) mass is 337 g/mol. The minimum Gasteiger partial charge on any atom is -0.481 e. The molecular formula is C15H31NO7. The van der Waals surface area contributed by atoms with E-state index in [1.54, 1.807) is 7.11 Å². The van der Waals surface area contributed by atoms with Gasteiger partial charge in [0.25, 0.3) is 0 Å². The fourth-order valence-electron chi connectivity index (χ4n) is 1.50. The van der Waals surface area contributed by atoms with Crippen molar-refractivity contribution in [1.29, 1.82) is 0 Å². The van der Waals surface area contributed by atoms with Crippen LogP contribution in [0.4, 0.5) is 0 Å². The second-order valence-electron chi connectivity index (χ2n) is 4.89. The first kappa shape index (κ1) is 22.2. The van der Waals surface area contributed by atoms with Gasteiger partial charge < -0.3 is 33.7 Å². The van der Waals surface area contributed by atoms with Crippen molar-refractivity contribution in [2.24, 2.45) is 0 Å². The molecular weight excluding hydrogens is 306 g/mol. The van der Waals surface area contributed by atoms with E-state index in [0.717, 1.165) is 13.1 Å². The van der Waals surface area contributed by atoms with E-state index >= 15 is 0 Å². The number of hydrogen-bond donors (Lipinski definition) is 1. The SMILES string of the molecule is COCCOCCOCCN(C)CCOCCOCCC(=O)O. The molecule has 0 rings (SSSR count). The van der Waals surface area contributed by atoms with Gasteiger partial charge in [-0.15, -0.1) is 0 Å². The van der Waals surface area contributed by atoms with Crippen LogP contribution in [0.2, 0.25) is 0 Å². The lowest BCUT2D eigenvalue weighted by atomic mass is 10.5. The van der Waals surface area contributed by atoms with Crippen molar-refractivity contribution >= 4 is 5.97 Å². The summed E-state index contributed by atoms with van der Waals surface area (Å²) in [4.78, 5) is 12.4. The molecule has 0 aliphatic heterocycles. The first-order valence-corrected chi connectivity index (χ1v) is 7.87. The third kappa shape index (κ3) is 19.2. The van der Waals surface area contributed by atoms with E-state index in [0.29, 0.717) is 52.9 Å². The molecule has 0 aromatic rings. The van der Waals surface area contributed by atoms with Gasteiger partial charge in [0.2, 0.25) is 0 Å². The van der Waals surface area contributed by atoms with Gasteiger partial charge in [-0.1, -0.05) is 0 Å². The standard InChI is InChI=1S/C15H31NO7/c1-16(5-8-22-13-14-23-10-9-19-2)4-7-21-12-11-20-6-3-15(17)18/h3-14H2,1-2H3,(H,17,18). The summed E-state index contributed by atoms with van der Waals surface area (Å²) in [6.45, 7) is 6.39. The minimum absolute atomic E-state index is 0.0279. The predicted octanol–water partition coefficient (Wildman–Crippen LogP) is 0.106. The molecule has 0 saturated heterocycles. The van der Waals surface area contributed by atoms with E-state index < -0.39 is 5.97 Å². The van der Waals surface area contributed by atoms with Crippen LogP contribution in [0.1, 0.15) is 6.42 Å². The van der Waals surface area contributed by atoms with Gasteiger partial charge >= 0.3 is 5.97 Å². The van der Waals surface area contributed by atoms with Crippen molar-refractivity contribution in [2.45, 2.75) is 6.42 Å². The fourth-order valence-corrected chi connectivity index (χ4v) is 1.50. The number of carboxylic acids is 1. The summed E-state index contributed by atoms with van der Waals surface area (Å²) >= 11 is 0. The van der Waals surface area contributed by atoms with E-state index in [-0.39, 0.29) is 13.0 Å². The number of ether oxygens (including phenoxy) is 5. The van der Waals surface area contributed by atoms with E-state index in [1.807, 2.05) is 7.05 Å². The molecule has 0 spiro atoms. The highest BCUT2D eigenvalue weighted by Gasteiger charge is 1.99. The average molecular weight is 337 g/mol. The summed E-state index contributed by atoms with van der Waals surface area (Å²) in [5.41, 5.74) is 0. The Hall–Kier alpha value is -0.770. The van der Waals surface area contributed by atoms with Crippen LogP contribution in [-0.4, -0.2) is 103 Å². The minimum atomic E-state index is -0.851. The topological polar surface area (TPSA) is 86.7 Å². The van der Waals surface area contributed by atoms with Crippen molar-refractivity contribution in [1.82, 2.24) is 4.90 Å². The van der Waals surface area contributed by atoms with Gasteiger partial charge in [-0.25, -0.2) is 0 Å². The number of carboxylic acid groups (broad SMARTS) is 1. The van der Waals surface area contributed by atoms with Crippen LogP contribution in [-0.2, 0) is 28.5 Å². The van der Waals surface area contributed by atoms with Crippen molar-refractivity contribution in [3.63, 3.8) is 0 Å². The third-order valence-corrected chi connectivity index (χ3v) is 2.87. The molecule has 0 atom stereocenters. The van der Waals surface area contributed by atoms with Crippen molar-refractivity contribution < 1.29 is 33.6 Å². The molecule has 0 aromatic carbocycles. The molecule has 0 fully saturated rings. The van der Waals surface area contributed by atoms with Crippen molar-refractivity contribution in [3.05, 3.63) is 0 Å². The van der Waals surface area contributed by atoms with Crippen LogP contribution in [0.5, 0.6) is 0 Å². The van der Waals surface area contributed by atoms with E-state index in [9.17, 15) is 4.79 Å². The first-order chi connectivity index (χ1) is 11.2. The molecule has 0 amide bonds. The van der Waals surface area contributed by atoms with Crippen LogP contribution in [0.25, 0.3) is 0 Å². The zero-order chi connectivity index (χ0) is 17.2. The molecule has 138 valence electrons. The second-order valence-corrected chi connectivity index (χ2v) is 4.89. The maximum Gasteiger partial charge on any atom is 0.305 e. The third-order valence-electron chi connectivity index (χ3n) is 2.87. The zero-order valence-electron chi connectivity index (χ0n) is 14.3. The summed E-state index contributed by atoms with van der Waals surface area (Å²) in [7, 11) is 3.65. The molecule has 23 heavy (non-hydrogen) atoms. The number of carbonyl (C=O) groups is 1. The van der Waals surface area contributed by atoms with Gasteiger partial charge in [0, 0.05) is 20.2 Å². The van der Waals surface area contributed by atoms with Crippen LogP contribution in [0.15, 0.2) is 0 Å². The molecule has 0 aromatic heterocycles. The lowest BCUT2D eigenvalue weighted by Crippen LogP contribution is -2.28. The summed E-state index contributed by atoms with van der Waals surface area (Å²) in [5, 5.41) is 8.43. The van der Waals surface area contributed by atoms with Gasteiger partial charge in [0.1, 0.15) is 0 Å². The Morgan fingerprint density at radius 2 is 1.22 bits per heavy atom. The van der Waals surface area contributed by atoms with Gasteiger partial charge in [0.05, 0.1) is 65.9 Å². The number of rotatable bonds is 18. The van der Waals surface area contributed by atoms with Crippen molar-refractivity contribution in [2.75, 3.05) is 86.7 Å². The zero-order valence-corrected chi connectivity index (χ0v) is 14.3. The smallest absolute Gasteiger partial charge is 0.305 e. The molecule has 0 heterocycles. The Balaban J connectivity index is 3.16. The maximum atomic E-state index is 10.3. The van der Waals surface area contributed by atoms with E-state index in [4.69, 9.17) is 28.8 Å². The Morgan fingerprint density at radius 1 is 0.783 bits per heavy atom. The number of methoxy groups -OCH3 is 1. The van der Waals surface area contributed by atoms with Crippen LogP contribution in [0, 0.1) is 0 Å². The molecule has 0 saturated carbocycles. The summed E-state index contributed by atoms with van der Waals surface area (Å²) in [6, 6.07) is 0. The molecule has 0 aliphatic carbocycles. The van der Waals surface area contributed by atoms with Gasteiger partial charge in [0.15, 0.2) is 0 Å². The molecule has 8 heteroatoms. The van der Waals surface area contributed by atoms with Gasteiger partial charge in [-0.2, -0.15) is 0 Å². The van der Waals surface area contributed by atoms with Gasteiger partial charge in [-0.05, 0) is 7.05 Å². The largest absolute Gasteiger partial charge is 0.481 e. The maximum absolute atomic E-state index is 10.3. The Kier molecular flexibility index (Phi) is 17.0. The summed E-state index contributed by atoms with van der Waals surface area (Å²) in [5.74, 6) is -0.851. The molecule has 0 radical (unpaired) electrons.